The first-order valence-corrected chi connectivity index (χ1v) is 12.0. The number of aromatic nitrogens is 4. The quantitative estimate of drug-likeness (QED) is 0.265. The van der Waals surface area contributed by atoms with Gasteiger partial charge in [0.1, 0.15) is 11.6 Å². The predicted molar refractivity (Wildman–Crippen MR) is 139 cm³/mol. The topological polar surface area (TPSA) is 122 Å². The highest BCUT2D eigenvalue weighted by atomic mass is 19.1. The van der Waals surface area contributed by atoms with Crippen molar-refractivity contribution in [2.45, 2.75) is 12.8 Å². The van der Waals surface area contributed by atoms with Crippen molar-refractivity contribution in [2.75, 3.05) is 10.6 Å². The Kier molecular flexibility index (Phi) is 5.97. The normalized spacial score (nSPS) is 12.8. The summed E-state index contributed by atoms with van der Waals surface area (Å²) < 4.78 is 18.9. The van der Waals surface area contributed by atoms with Gasteiger partial charge in [-0.25, -0.2) is 9.37 Å². The minimum absolute atomic E-state index is 0.0104. The van der Waals surface area contributed by atoms with Gasteiger partial charge in [-0.15, -0.1) is 0 Å². The van der Waals surface area contributed by atoms with Crippen LogP contribution in [-0.2, 0) is 4.79 Å². The van der Waals surface area contributed by atoms with Gasteiger partial charge >= 0.3 is 0 Å². The number of amides is 2. The number of fused-ring (bicyclic) bond motifs is 1. The Morgan fingerprint density at radius 3 is 2.61 bits per heavy atom. The highest BCUT2D eigenvalue weighted by Gasteiger charge is 2.29. The number of aromatic amines is 1. The van der Waals surface area contributed by atoms with Gasteiger partial charge in [-0.3, -0.25) is 19.7 Å². The Labute approximate surface area is 216 Å². The zero-order chi connectivity index (χ0) is 26.1. The molecule has 9 nitrogen and oxygen atoms in total. The van der Waals surface area contributed by atoms with E-state index >= 15 is 0 Å². The number of carbonyl (C=O) groups excluding carboxylic acids is 2. The molecule has 38 heavy (non-hydrogen) atoms. The first-order chi connectivity index (χ1) is 18.5. The van der Waals surface area contributed by atoms with Crippen molar-refractivity contribution in [1.82, 2.24) is 20.2 Å². The zero-order valence-corrected chi connectivity index (χ0v) is 19.9. The highest BCUT2D eigenvalue weighted by Crippen LogP contribution is 2.31. The molecule has 10 heteroatoms. The second-order valence-electron chi connectivity index (χ2n) is 8.96. The second kappa shape index (κ2) is 9.74. The van der Waals surface area contributed by atoms with Crippen LogP contribution in [0.15, 0.2) is 79.3 Å². The molecule has 1 aliphatic rings. The van der Waals surface area contributed by atoms with Crippen molar-refractivity contribution < 1.29 is 18.7 Å². The molecule has 0 radical (unpaired) electrons. The van der Waals surface area contributed by atoms with E-state index < -0.39 is 11.7 Å². The number of halogens is 1. The van der Waals surface area contributed by atoms with Gasteiger partial charge in [-0.05, 0) is 54.8 Å². The van der Waals surface area contributed by atoms with Crippen molar-refractivity contribution in [2.24, 2.45) is 5.92 Å². The van der Waals surface area contributed by atoms with Gasteiger partial charge in [-0.2, -0.15) is 5.10 Å². The van der Waals surface area contributed by atoms with E-state index in [2.05, 4.69) is 30.8 Å². The molecule has 2 amide bonds. The smallest absolute Gasteiger partial charge is 0.276 e. The summed E-state index contributed by atoms with van der Waals surface area (Å²) in [6, 6.07) is 16.4. The number of benzene rings is 2. The summed E-state index contributed by atoms with van der Waals surface area (Å²) in [6.07, 6.45) is 6.60. The van der Waals surface area contributed by atoms with Crippen LogP contribution >= 0.6 is 0 Å². The van der Waals surface area contributed by atoms with E-state index in [1.54, 1.807) is 36.7 Å². The molecule has 3 heterocycles. The summed E-state index contributed by atoms with van der Waals surface area (Å²) in [4.78, 5) is 33.6. The molecule has 5 aromatic rings. The van der Waals surface area contributed by atoms with E-state index in [1.807, 2.05) is 24.3 Å². The largest absolute Gasteiger partial charge is 0.439 e. The van der Waals surface area contributed by atoms with Gasteiger partial charge < -0.3 is 15.4 Å². The van der Waals surface area contributed by atoms with Gasteiger partial charge in [-0.1, -0.05) is 12.1 Å². The number of carbonyl (C=O) groups is 2. The molecule has 3 aromatic heterocycles. The van der Waals surface area contributed by atoms with Crippen molar-refractivity contribution in [3.8, 4) is 22.8 Å². The molecule has 0 saturated heterocycles. The molecule has 0 aliphatic heterocycles. The lowest BCUT2D eigenvalue weighted by Crippen LogP contribution is -2.13. The number of anilines is 2. The Morgan fingerprint density at radius 2 is 1.82 bits per heavy atom. The van der Waals surface area contributed by atoms with Gasteiger partial charge in [0.05, 0.1) is 29.3 Å². The molecular weight excluding hydrogens is 487 g/mol. The van der Waals surface area contributed by atoms with Crippen LogP contribution in [0.2, 0.25) is 0 Å². The maximum absolute atomic E-state index is 13.4. The van der Waals surface area contributed by atoms with Crippen LogP contribution in [0.25, 0.3) is 22.0 Å². The maximum atomic E-state index is 13.4. The molecule has 2 aromatic carbocycles. The molecule has 1 saturated carbocycles. The van der Waals surface area contributed by atoms with E-state index in [9.17, 15) is 14.0 Å². The number of nitrogens with zero attached hydrogens (tertiary/aromatic N) is 3. The van der Waals surface area contributed by atoms with E-state index in [4.69, 9.17) is 4.74 Å². The Bertz CT molecular complexity index is 1660. The minimum atomic E-state index is -0.419. The molecule has 0 unspecified atom stereocenters. The fourth-order valence-electron chi connectivity index (χ4n) is 3.98. The van der Waals surface area contributed by atoms with E-state index in [0.29, 0.717) is 28.0 Å². The number of rotatable bonds is 7. The molecule has 0 spiro atoms. The van der Waals surface area contributed by atoms with Crippen LogP contribution in [-0.4, -0.2) is 32.0 Å². The average Bonchev–Trinajstić information content (AvgIpc) is 3.69. The van der Waals surface area contributed by atoms with Crippen molar-refractivity contribution >= 4 is 34.1 Å². The van der Waals surface area contributed by atoms with Crippen LogP contribution in [0.1, 0.15) is 23.3 Å². The molecular formula is C28H21FN6O3. The van der Waals surface area contributed by atoms with Crippen molar-refractivity contribution in [3.63, 3.8) is 0 Å². The number of ether oxygens (including phenoxy) is 1. The van der Waals surface area contributed by atoms with Gasteiger partial charge in [0, 0.05) is 35.2 Å². The summed E-state index contributed by atoms with van der Waals surface area (Å²) >= 11 is 0. The molecule has 1 aliphatic carbocycles. The third-order valence-electron chi connectivity index (χ3n) is 6.08. The monoisotopic (exact) mass is 508 g/mol. The van der Waals surface area contributed by atoms with Crippen LogP contribution in [0.3, 0.4) is 0 Å². The summed E-state index contributed by atoms with van der Waals surface area (Å²) in [7, 11) is 0. The molecule has 1 fully saturated rings. The van der Waals surface area contributed by atoms with Gasteiger partial charge in [0.15, 0.2) is 5.69 Å². The lowest BCUT2D eigenvalue weighted by molar-refractivity contribution is -0.117. The Balaban J connectivity index is 1.19. The fourth-order valence-corrected chi connectivity index (χ4v) is 3.98. The number of H-pyrrole nitrogens is 1. The standard InChI is InChI=1S/C28H21FN6O3/c29-19-2-1-3-22(12-19)38-25-9-7-20(15-31-25)32-28(37)26-23-11-17(6-8-24(23)34-35-26)18-10-21(14-30-13-18)33-27(36)16-4-5-16/h1-3,6-16H,4-5H2,(H,32,37)(H,33,36)(H,34,35). The number of nitrogens with one attached hydrogen (secondary N) is 3. The van der Waals surface area contributed by atoms with Crippen LogP contribution < -0.4 is 15.4 Å². The zero-order valence-electron chi connectivity index (χ0n) is 19.9. The SMILES string of the molecule is O=C(Nc1ccc(Oc2cccc(F)c2)nc1)c1n[nH]c2ccc(-c3cncc(NC(=O)C4CC4)c3)cc12. The minimum Gasteiger partial charge on any atom is -0.439 e. The first-order valence-electron chi connectivity index (χ1n) is 12.0. The number of hydrogen-bond acceptors (Lipinski definition) is 6. The second-order valence-corrected chi connectivity index (χ2v) is 8.96. The van der Waals surface area contributed by atoms with Crippen LogP contribution in [0, 0.1) is 11.7 Å². The predicted octanol–water partition coefficient (Wildman–Crippen LogP) is 5.55. The van der Waals surface area contributed by atoms with E-state index in [-0.39, 0.29) is 23.4 Å². The summed E-state index contributed by atoms with van der Waals surface area (Å²) in [5.41, 5.74) is 3.60. The van der Waals surface area contributed by atoms with E-state index in [1.165, 1.54) is 18.3 Å². The van der Waals surface area contributed by atoms with Crippen molar-refractivity contribution in [3.05, 3.63) is 90.8 Å². The number of pyridine rings is 2. The lowest BCUT2D eigenvalue weighted by Gasteiger charge is -2.08. The van der Waals surface area contributed by atoms with Crippen LogP contribution in [0.5, 0.6) is 11.6 Å². The number of hydrogen-bond donors (Lipinski definition) is 3. The summed E-state index contributed by atoms with van der Waals surface area (Å²) in [6.45, 7) is 0. The Morgan fingerprint density at radius 1 is 0.921 bits per heavy atom. The fraction of sp³-hybridized carbons (Fsp3) is 0.107. The Hall–Kier alpha value is -5.12. The summed E-state index contributed by atoms with van der Waals surface area (Å²) in [5, 5.41) is 13.4. The molecule has 0 atom stereocenters. The third kappa shape index (κ3) is 5.05. The molecule has 0 bridgehead atoms. The van der Waals surface area contributed by atoms with Crippen molar-refractivity contribution in [1.29, 1.82) is 0 Å². The van der Waals surface area contributed by atoms with Gasteiger partial charge in [0.2, 0.25) is 11.8 Å². The lowest BCUT2D eigenvalue weighted by atomic mass is 10.0. The maximum Gasteiger partial charge on any atom is 0.276 e. The molecule has 6 rings (SSSR count). The van der Waals surface area contributed by atoms with E-state index in [0.717, 1.165) is 24.0 Å². The summed E-state index contributed by atoms with van der Waals surface area (Å²) in [5.74, 6) is -0.153. The molecule has 188 valence electrons. The molecule has 3 N–H and O–H groups in total. The third-order valence-corrected chi connectivity index (χ3v) is 6.08. The average molecular weight is 509 g/mol. The first kappa shape index (κ1) is 23.3. The van der Waals surface area contributed by atoms with Gasteiger partial charge in [0.25, 0.3) is 5.91 Å². The highest BCUT2D eigenvalue weighted by molar-refractivity contribution is 6.11. The van der Waals surface area contributed by atoms with Crippen LogP contribution in [0.4, 0.5) is 15.8 Å².